The minimum Gasteiger partial charge on any atom is -0.373 e. The summed E-state index contributed by atoms with van der Waals surface area (Å²) in [4.78, 5) is 4.90. The highest BCUT2D eigenvalue weighted by Crippen LogP contribution is 2.31. The lowest BCUT2D eigenvalue weighted by Gasteiger charge is -2.37. The molecule has 0 spiro atoms. The van der Waals surface area contributed by atoms with Gasteiger partial charge in [-0.05, 0) is 47.7 Å². The van der Waals surface area contributed by atoms with Crippen LogP contribution in [0.2, 0.25) is 10.0 Å². The number of halogens is 2. The second kappa shape index (κ2) is 9.02. The first-order valence-electron chi connectivity index (χ1n) is 10.00. The summed E-state index contributed by atoms with van der Waals surface area (Å²) >= 11 is 12.2. The van der Waals surface area contributed by atoms with E-state index in [1.165, 1.54) is 16.7 Å². The van der Waals surface area contributed by atoms with E-state index in [0.29, 0.717) is 16.6 Å². The Hall–Kier alpha value is -1.30. The van der Waals surface area contributed by atoms with E-state index in [-0.39, 0.29) is 6.10 Å². The van der Waals surface area contributed by atoms with Crippen LogP contribution < -0.4 is 10.6 Å². The van der Waals surface area contributed by atoms with Crippen LogP contribution >= 0.6 is 23.2 Å². The molecule has 4 rings (SSSR count). The number of anilines is 1. The van der Waals surface area contributed by atoms with Gasteiger partial charge in [0.15, 0.2) is 0 Å². The van der Waals surface area contributed by atoms with Crippen LogP contribution in [-0.2, 0) is 17.7 Å². The SMILES string of the molecule is NCc1ccc2c(c1)CCOC2CCN1CCN(c2ccc(Cl)c(Cl)c2)CC1. The van der Waals surface area contributed by atoms with Gasteiger partial charge < -0.3 is 15.4 Å². The fraction of sp³-hybridized carbons (Fsp3) is 0.455. The zero-order valence-corrected chi connectivity index (χ0v) is 17.6. The normalized spacial score (nSPS) is 20.2. The number of nitrogens with two attached hydrogens (primary N) is 1. The number of hydrogen-bond donors (Lipinski definition) is 1. The van der Waals surface area contributed by atoms with E-state index in [1.807, 2.05) is 18.2 Å². The van der Waals surface area contributed by atoms with E-state index in [0.717, 1.165) is 57.9 Å². The second-order valence-electron chi connectivity index (χ2n) is 7.56. The molecule has 1 saturated heterocycles. The summed E-state index contributed by atoms with van der Waals surface area (Å²) < 4.78 is 6.09. The molecule has 0 aromatic heterocycles. The molecule has 2 aromatic carbocycles. The lowest BCUT2D eigenvalue weighted by molar-refractivity contribution is 0.0289. The molecular weight excluding hydrogens is 393 g/mol. The van der Waals surface area contributed by atoms with Gasteiger partial charge in [0.25, 0.3) is 0 Å². The maximum atomic E-state index is 6.17. The van der Waals surface area contributed by atoms with Gasteiger partial charge in [-0.15, -0.1) is 0 Å². The van der Waals surface area contributed by atoms with E-state index in [9.17, 15) is 0 Å². The van der Waals surface area contributed by atoms with E-state index in [2.05, 4.69) is 28.0 Å². The molecular formula is C22H27Cl2N3O. The van der Waals surface area contributed by atoms with Gasteiger partial charge in [-0.25, -0.2) is 0 Å². The summed E-state index contributed by atoms with van der Waals surface area (Å²) in [5.41, 5.74) is 10.9. The summed E-state index contributed by atoms with van der Waals surface area (Å²) in [5, 5.41) is 1.22. The fourth-order valence-corrected chi connectivity index (χ4v) is 4.46. The molecule has 1 atom stereocenters. The third-order valence-corrected chi connectivity index (χ3v) is 6.57. The average molecular weight is 420 g/mol. The van der Waals surface area contributed by atoms with Gasteiger partial charge in [0.05, 0.1) is 22.8 Å². The van der Waals surface area contributed by atoms with Gasteiger partial charge in [-0.2, -0.15) is 0 Å². The summed E-state index contributed by atoms with van der Waals surface area (Å²) in [7, 11) is 0. The predicted octanol–water partition coefficient (Wildman–Crippen LogP) is 4.28. The highest BCUT2D eigenvalue weighted by molar-refractivity contribution is 6.42. The largest absolute Gasteiger partial charge is 0.373 e. The van der Waals surface area contributed by atoms with Crippen molar-refractivity contribution in [3.8, 4) is 0 Å². The van der Waals surface area contributed by atoms with E-state index >= 15 is 0 Å². The van der Waals surface area contributed by atoms with Crippen molar-refractivity contribution in [1.29, 1.82) is 0 Å². The molecule has 0 saturated carbocycles. The molecule has 6 heteroatoms. The number of hydrogen-bond acceptors (Lipinski definition) is 4. The zero-order valence-electron chi connectivity index (χ0n) is 16.0. The van der Waals surface area contributed by atoms with Crippen molar-refractivity contribution >= 4 is 28.9 Å². The molecule has 1 fully saturated rings. The summed E-state index contributed by atoms with van der Waals surface area (Å²) in [6, 6.07) is 12.5. The molecule has 150 valence electrons. The van der Waals surface area contributed by atoms with Gasteiger partial charge in [0.2, 0.25) is 0 Å². The van der Waals surface area contributed by atoms with E-state index in [4.69, 9.17) is 33.7 Å². The Kier molecular flexibility index (Phi) is 6.44. The highest BCUT2D eigenvalue weighted by atomic mass is 35.5. The maximum Gasteiger partial charge on any atom is 0.0839 e. The minimum absolute atomic E-state index is 0.198. The van der Waals surface area contributed by atoms with Crippen molar-refractivity contribution in [2.75, 3.05) is 44.2 Å². The van der Waals surface area contributed by atoms with Crippen LogP contribution in [0, 0.1) is 0 Å². The lowest BCUT2D eigenvalue weighted by atomic mass is 9.93. The van der Waals surface area contributed by atoms with Gasteiger partial charge in [-0.3, -0.25) is 4.90 Å². The number of benzene rings is 2. The zero-order chi connectivity index (χ0) is 19.5. The molecule has 2 heterocycles. The number of rotatable bonds is 5. The Balaban J connectivity index is 1.31. The van der Waals surface area contributed by atoms with Crippen molar-refractivity contribution in [1.82, 2.24) is 4.90 Å². The maximum absolute atomic E-state index is 6.17. The van der Waals surface area contributed by atoms with Gasteiger partial charge in [-0.1, -0.05) is 41.4 Å². The van der Waals surface area contributed by atoms with Gasteiger partial charge >= 0.3 is 0 Å². The molecule has 0 radical (unpaired) electrons. The Morgan fingerprint density at radius 1 is 1.00 bits per heavy atom. The molecule has 0 amide bonds. The van der Waals surface area contributed by atoms with Crippen LogP contribution in [0.1, 0.15) is 29.2 Å². The Labute approximate surface area is 177 Å². The summed E-state index contributed by atoms with van der Waals surface area (Å²) in [5.74, 6) is 0. The van der Waals surface area contributed by atoms with Crippen LogP contribution in [0.4, 0.5) is 5.69 Å². The molecule has 2 aliphatic heterocycles. The Bertz CT molecular complexity index is 821. The van der Waals surface area contributed by atoms with Crippen molar-refractivity contribution in [3.63, 3.8) is 0 Å². The van der Waals surface area contributed by atoms with Crippen molar-refractivity contribution in [3.05, 3.63) is 63.1 Å². The predicted molar refractivity (Wildman–Crippen MR) is 116 cm³/mol. The third kappa shape index (κ3) is 4.47. The number of fused-ring (bicyclic) bond motifs is 1. The van der Waals surface area contributed by atoms with Crippen molar-refractivity contribution in [2.45, 2.75) is 25.5 Å². The monoisotopic (exact) mass is 419 g/mol. The molecule has 28 heavy (non-hydrogen) atoms. The smallest absolute Gasteiger partial charge is 0.0839 e. The number of nitrogens with zero attached hydrogens (tertiary/aromatic N) is 2. The summed E-state index contributed by atoms with van der Waals surface area (Å²) in [6.07, 6.45) is 2.22. The van der Waals surface area contributed by atoms with Crippen LogP contribution in [0.3, 0.4) is 0 Å². The number of ether oxygens (including phenoxy) is 1. The molecule has 1 unspecified atom stereocenters. The lowest BCUT2D eigenvalue weighted by Crippen LogP contribution is -2.47. The average Bonchev–Trinajstić information content (AvgIpc) is 2.74. The van der Waals surface area contributed by atoms with Crippen LogP contribution in [0.15, 0.2) is 36.4 Å². The van der Waals surface area contributed by atoms with Gasteiger partial charge in [0, 0.05) is 45.0 Å². The first-order chi connectivity index (χ1) is 13.6. The molecule has 2 aromatic rings. The first kappa shape index (κ1) is 20.0. The first-order valence-corrected chi connectivity index (χ1v) is 10.8. The van der Waals surface area contributed by atoms with Gasteiger partial charge in [0.1, 0.15) is 0 Å². The molecule has 2 N–H and O–H groups in total. The standard InChI is InChI=1S/C22H27Cl2N3O/c23-20-4-2-18(14-21(20)24)27-10-8-26(9-11-27)7-5-22-19-3-1-16(15-25)13-17(19)6-12-28-22/h1-4,13-14,22H,5-12,15,25H2. The molecule has 4 nitrogen and oxygen atoms in total. The van der Waals surface area contributed by atoms with Crippen LogP contribution in [0.25, 0.3) is 0 Å². The minimum atomic E-state index is 0.198. The van der Waals surface area contributed by atoms with Crippen LogP contribution in [0.5, 0.6) is 0 Å². The topological polar surface area (TPSA) is 41.7 Å². The fourth-order valence-electron chi connectivity index (χ4n) is 4.17. The highest BCUT2D eigenvalue weighted by Gasteiger charge is 2.23. The van der Waals surface area contributed by atoms with Crippen LogP contribution in [-0.4, -0.2) is 44.2 Å². The molecule has 0 aliphatic carbocycles. The van der Waals surface area contributed by atoms with E-state index < -0.39 is 0 Å². The molecule has 2 aliphatic rings. The third-order valence-electron chi connectivity index (χ3n) is 5.83. The number of piperazine rings is 1. The van der Waals surface area contributed by atoms with Crippen molar-refractivity contribution in [2.24, 2.45) is 5.73 Å². The second-order valence-corrected chi connectivity index (χ2v) is 8.38. The summed E-state index contributed by atoms with van der Waals surface area (Å²) in [6.45, 7) is 6.55. The van der Waals surface area contributed by atoms with E-state index in [1.54, 1.807) is 0 Å². The molecule has 0 bridgehead atoms. The Morgan fingerprint density at radius 2 is 1.82 bits per heavy atom. The Morgan fingerprint density at radius 3 is 2.57 bits per heavy atom. The van der Waals surface area contributed by atoms with Crippen molar-refractivity contribution < 1.29 is 4.74 Å². The quantitative estimate of drug-likeness (QED) is 0.784.